The predicted molar refractivity (Wildman–Crippen MR) is 105 cm³/mol. The largest absolute Gasteiger partial charge is 0.324 e. The normalized spacial score (nSPS) is 19.4. The van der Waals surface area contributed by atoms with Crippen LogP contribution in [-0.4, -0.2) is 33.0 Å². The number of anilines is 1. The van der Waals surface area contributed by atoms with Crippen molar-refractivity contribution in [2.75, 3.05) is 18.0 Å². The zero-order valence-electron chi connectivity index (χ0n) is 15.2. The molecule has 1 aliphatic carbocycles. The Morgan fingerprint density at radius 1 is 1.23 bits per heavy atom. The van der Waals surface area contributed by atoms with Crippen LogP contribution in [0.5, 0.6) is 0 Å². The molecule has 146 valence electrons. The van der Waals surface area contributed by atoms with Crippen molar-refractivity contribution >= 4 is 34.0 Å². The van der Waals surface area contributed by atoms with Gasteiger partial charge in [0.2, 0.25) is 15.9 Å². The lowest BCUT2D eigenvalue weighted by Gasteiger charge is -2.28. The number of sulfonamides is 1. The minimum Gasteiger partial charge on any atom is -0.324 e. The van der Waals surface area contributed by atoms with Gasteiger partial charge in [-0.25, -0.2) is 13.1 Å². The van der Waals surface area contributed by atoms with Gasteiger partial charge in [0.15, 0.2) is 0 Å². The summed E-state index contributed by atoms with van der Waals surface area (Å²) in [6.07, 6.45) is 6.84. The van der Waals surface area contributed by atoms with E-state index in [-0.39, 0.29) is 29.8 Å². The van der Waals surface area contributed by atoms with Gasteiger partial charge >= 0.3 is 0 Å². The molecule has 0 radical (unpaired) electrons. The topological polar surface area (TPSA) is 92.5 Å². The molecule has 0 saturated heterocycles. The molecule has 1 aliphatic heterocycles. The number of hydrogen-bond acceptors (Lipinski definition) is 4. The standard InChI is InChI=1S/C18H27N3O3S.ClH/c1-14(22)21-11-8-15-12-16(6-7-17(15)21)25(23,24)20-13-18(19)9-4-2-3-5-10-18;/h6-7,12,20H,2-5,8-11,13,19H2,1H3;1H. The number of nitrogens with one attached hydrogen (secondary N) is 1. The highest BCUT2D eigenvalue weighted by atomic mass is 35.5. The van der Waals surface area contributed by atoms with Crippen LogP contribution in [0, 0.1) is 0 Å². The van der Waals surface area contributed by atoms with Crippen molar-refractivity contribution in [1.82, 2.24) is 4.72 Å². The van der Waals surface area contributed by atoms with Crippen molar-refractivity contribution in [3.63, 3.8) is 0 Å². The van der Waals surface area contributed by atoms with Crippen molar-refractivity contribution in [3.8, 4) is 0 Å². The summed E-state index contributed by atoms with van der Waals surface area (Å²) < 4.78 is 28.0. The molecular formula is C18H28ClN3O3S. The first-order valence-electron chi connectivity index (χ1n) is 9.00. The predicted octanol–water partition coefficient (Wildman–Crippen LogP) is 2.35. The third-order valence-electron chi connectivity index (χ3n) is 5.35. The highest BCUT2D eigenvalue weighted by molar-refractivity contribution is 7.89. The van der Waals surface area contributed by atoms with Crippen LogP contribution >= 0.6 is 12.4 Å². The van der Waals surface area contributed by atoms with Crippen LogP contribution in [0.15, 0.2) is 23.1 Å². The molecule has 0 atom stereocenters. The smallest absolute Gasteiger partial charge is 0.240 e. The zero-order chi connectivity index (χ0) is 18.1. The van der Waals surface area contributed by atoms with E-state index in [0.29, 0.717) is 13.0 Å². The van der Waals surface area contributed by atoms with E-state index in [2.05, 4.69) is 4.72 Å². The summed E-state index contributed by atoms with van der Waals surface area (Å²) in [4.78, 5) is 13.5. The summed E-state index contributed by atoms with van der Waals surface area (Å²) in [5.74, 6) is -0.0223. The van der Waals surface area contributed by atoms with Crippen molar-refractivity contribution in [1.29, 1.82) is 0 Å². The molecule has 0 bridgehead atoms. The minimum absolute atomic E-state index is 0. The first-order valence-corrected chi connectivity index (χ1v) is 10.5. The molecule has 1 fully saturated rings. The fourth-order valence-electron chi connectivity index (χ4n) is 3.80. The molecule has 1 heterocycles. The Hall–Kier alpha value is -1.15. The van der Waals surface area contributed by atoms with Crippen molar-refractivity contribution in [2.45, 2.75) is 62.3 Å². The second-order valence-corrected chi connectivity index (χ2v) is 9.08. The fraction of sp³-hybridized carbons (Fsp3) is 0.611. The lowest BCUT2D eigenvalue weighted by molar-refractivity contribution is -0.116. The highest BCUT2D eigenvalue weighted by Gasteiger charge is 2.29. The molecule has 1 aromatic carbocycles. The molecule has 0 unspecified atom stereocenters. The number of nitrogens with two attached hydrogens (primary N) is 1. The van der Waals surface area contributed by atoms with Crippen LogP contribution in [-0.2, 0) is 21.2 Å². The maximum absolute atomic E-state index is 12.7. The SMILES string of the molecule is CC(=O)N1CCc2cc(S(=O)(=O)NCC3(N)CCCCCC3)ccc21.Cl. The van der Waals surface area contributed by atoms with E-state index in [9.17, 15) is 13.2 Å². The Morgan fingerprint density at radius 2 is 1.88 bits per heavy atom. The van der Waals surface area contributed by atoms with E-state index in [4.69, 9.17) is 5.73 Å². The summed E-state index contributed by atoms with van der Waals surface area (Å²) in [6.45, 7) is 2.40. The molecule has 3 rings (SSSR count). The number of benzene rings is 1. The third kappa shape index (κ3) is 4.57. The quantitative estimate of drug-likeness (QED) is 0.757. The second kappa shape index (κ2) is 8.25. The molecule has 26 heavy (non-hydrogen) atoms. The van der Waals surface area contributed by atoms with Gasteiger partial charge in [0.05, 0.1) is 4.90 Å². The van der Waals surface area contributed by atoms with E-state index in [0.717, 1.165) is 36.9 Å². The third-order valence-corrected chi connectivity index (χ3v) is 6.75. The van der Waals surface area contributed by atoms with Crippen LogP contribution in [0.4, 0.5) is 5.69 Å². The van der Waals surface area contributed by atoms with Crippen LogP contribution in [0.25, 0.3) is 0 Å². The van der Waals surface area contributed by atoms with E-state index in [1.807, 2.05) is 0 Å². The first kappa shape index (κ1) is 21.2. The summed E-state index contributed by atoms with van der Waals surface area (Å²) >= 11 is 0. The second-order valence-electron chi connectivity index (χ2n) is 7.31. The lowest BCUT2D eigenvalue weighted by Crippen LogP contribution is -2.49. The number of amides is 1. The summed E-state index contributed by atoms with van der Waals surface area (Å²) in [5.41, 5.74) is 7.67. The Bertz CT molecular complexity index is 759. The molecular weight excluding hydrogens is 374 g/mol. The van der Waals surface area contributed by atoms with Gasteiger partial charge < -0.3 is 10.6 Å². The van der Waals surface area contributed by atoms with Gasteiger partial charge in [0.1, 0.15) is 0 Å². The molecule has 1 saturated carbocycles. The van der Waals surface area contributed by atoms with Gasteiger partial charge in [0, 0.05) is 31.2 Å². The van der Waals surface area contributed by atoms with E-state index >= 15 is 0 Å². The van der Waals surface area contributed by atoms with E-state index < -0.39 is 15.6 Å². The van der Waals surface area contributed by atoms with Crippen LogP contribution in [0.2, 0.25) is 0 Å². The molecule has 3 N–H and O–H groups in total. The number of fused-ring (bicyclic) bond motifs is 1. The summed E-state index contributed by atoms with van der Waals surface area (Å²) in [5, 5.41) is 0. The summed E-state index contributed by atoms with van der Waals surface area (Å²) in [7, 11) is -3.60. The Morgan fingerprint density at radius 3 is 2.50 bits per heavy atom. The molecule has 0 aromatic heterocycles. The molecule has 1 amide bonds. The first-order chi connectivity index (χ1) is 11.8. The monoisotopic (exact) mass is 401 g/mol. The van der Waals surface area contributed by atoms with Crippen molar-refractivity contribution in [3.05, 3.63) is 23.8 Å². The molecule has 8 heteroatoms. The Labute approximate surface area is 162 Å². The Balaban J connectivity index is 0.00000243. The average Bonchev–Trinajstić information content (AvgIpc) is 2.88. The number of carbonyl (C=O) groups is 1. The van der Waals surface area contributed by atoms with Crippen molar-refractivity contribution < 1.29 is 13.2 Å². The molecule has 2 aliphatic rings. The van der Waals surface area contributed by atoms with E-state index in [1.54, 1.807) is 23.1 Å². The molecule has 0 spiro atoms. The maximum Gasteiger partial charge on any atom is 0.240 e. The minimum atomic E-state index is -3.60. The number of rotatable bonds is 4. The van der Waals surface area contributed by atoms with Gasteiger partial charge in [-0.2, -0.15) is 0 Å². The summed E-state index contributed by atoms with van der Waals surface area (Å²) in [6, 6.07) is 4.97. The van der Waals surface area contributed by atoms with Gasteiger partial charge in [0.25, 0.3) is 0 Å². The Kier molecular flexibility index (Phi) is 6.71. The van der Waals surface area contributed by atoms with Gasteiger partial charge in [-0.1, -0.05) is 25.7 Å². The van der Waals surface area contributed by atoms with Crippen LogP contribution < -0.4 is 15.4 Å². The van der Waals surface area contributed by atoms with E-state index in [1.165, 1.54) is 19.8 Å². The number of carbonyl (C=O) groups excluding carboxylic acids is 1. The zero-order valence-corrected chi connectivity index (χ0v) is 16.8. The highest BCUT2D eigenvalue weighted by Crippen LogP contribution is 2.30. The van der Waals surface area contributed by atoms with Gasteiger partial charge in [-0.15, -0.1) is 12.4 Å². The van der Waals surface area contributed by atoms with Crippen LogP contribution in [0.3, 0.4) is 0 Å². The van der Waals surface area contributed by atoms with Gasteiger partial charge in [-0.05, 0) is 43.0 Å². The average molecular weight is 402 g/mol. The number of hydrogen-bond donors (Lipinski definition) is 2. The number of nitrogens with zero attached hydrogens (tertiary/aromatic N) is 1. The van der Waals surface area contributed by atoms with Crippen LogP contribution in [0.1, 0.15) is 51.0 Å². The fourth-order valence-corrected chi connectivity index (χ4v) is 4.99. The maximum atomic E-state index is 12.7. The molecule has 1 aromatic rings. The van der Waals surface area contributed by atoms with Crippen molar-refractivity contribution in [2.24, 2.45) is 5.73 Å². The lowest BCUT2D eigenvalue weighted by atomic mass is 9.92. The van der Waals surface area contributed by atoms with Gasteiger partial charge in [-0.3, -0.25) is 4.79 Å². The molecule has 6 nitrogen and oxygen atoms in total. The number of halogens is 1.